The Bertz CT molecular complexity index is 3690. The van der Waals surface area contributed by atoms with E-state index in [9.17, 15) is 34.2 Å². The third-order valence-electron chi connectivity index (χ3n) is 11.4. The molecule has 0 aliphatic heterocycles. The Labute approximate surface area is 352 Å². The normalized spacial score (nSPS) is 11.4. The Balaban J connectivity index is 1.33. The van der Waals surface area contributed by atoms with Crippen LogP contribution in [-0.4, -0.2) is 9.13 Å². The van der Waals surface area contributed by atoms with E-state index >= 15 is 0 Å². The minimum absolute atomic E-state index is 0.135. The molecule has 2 heterocycles. The highest BCUT2D eigenvalue weighted by Crippen LogP contribution is 2.43. The lowest BCUT2D eigenvalue weighted by molar-refractivity contribution is -0.137. The standard InChI is InChI=1S/C53H27F3N6/c54-53(55,56)41-22-34(30-59)21-39(23-41)46-27-49(61-47-13-3-1-11-42(47)44-17-15-37(24-50(44)61)35-9-5-7-32(19-35)28-57)40(31-60)26-52(46)62-48-14-4-2-12-43(48)45-18-16-38(25-51(45)62)36-10-6-8-33(20-36)29-58/h1-27H. The van der Waals surface area contributed by atoms with Crippen LogP contribution in [0.15, 0.2) is 164 Å². The maximum Gasteiger partial charge on any atom is 0.416 e. The van der Waals surface area contributed by atoms with Gasteiger partial charge in [0.25, 0.3) is 0 Å². The number of benzene rings is 8. The van der Waals surface area contributed by atoms with Crippen LogP contribution in [0, 0.1) is 45.3 Å². The van der Waals surface area contributed by atoms with Gasteiger partial charge in [0.05, 0.1) is 79.5 Å². The van der Waals surface area contributed by atoms with Crippen molar-refractivity contribution in [3.05, 3.63) is 192 Å². The summed E-state index contributed by atoms with van der Waals surface area (Å²) in [7, 11) is 0. The lowest BCUT2D eigenvalue weighted by Gasteiger charge is -2.20. The van der Waals surface area contributed by atoms with Crippen LogP contribution >= 0.6 is 0 Å². The van der Waals surface area contributed by atoms with Crippen molar-refractivity contribution in [1.29, 1.82) is 21.0 Å². The summed E-state index contributed by atoms with van der Waals surface area (Å²) in [6.07, 6.45) is -4.76. The van der Waals surface area contributed by atoms with Gasteiger partial charge in [-0.05, 0) is 107 Å². The molecule has 0 amide bonds. The van der Waals surface area contributed by atoms with E-state index in [1.807, 2.05) is 124 Å². The molecule has 6 nitrogen and oxygen atoms in total. The molecule has 0 bridgehead atoms. The number of fused-ring (bicyclic) bond motifs is 6. The Morgan fingerprint density at radius 2 is 0.855 bits per heavy atom. The molecule has 0 atom stereocenters. The first-order valence-corrected chi connectivity index (χ1v) is 19.5. The fourth-order valence-corrected chi connectivity index (χ4v) is 8.63. The Hall–Kier alpha value is -8.89. The van der Waals surface area contributed by atoms with E-state index in [0.29, 0.717) is 28.1 Å². The van der Waals surface area contributed by atoms with Gasteiger partial charge in [0, 0.05) is 27.1 Å². The zero-order valence-electron chi connectivity index (χ0n) is 32.4. The minimum Gasteiger partial charge on any atom is -0.309 e. The fraction of sp³-hybridized carbons (Fsp3) is 0.0189. The van der Waals surface area contributed by atoms with Crippen LogP contribution in [-0.2, 0) is 6.18 Å². The average molecular weight is 805 g/mol. The monoisotopic (exact) mass is 804 g/mol. The first-order chi connectivity index (χ1) is 30.2. The summed E-state index contributed by atoms with van der Waals surface area (Å²) in [6, 6.07) is 57.4. The number of alkyl halides is 3. The summed E-state index contributed by atoms with van der Waals surface area (Å²) >= 11 is 0. The largest absolute Gasteiger partial charge is 0.416 e. The van der Waals surface area contributed by atoms with E-state index < -0.39 is 11.7 Å². The molecule has 0 spiro atoms. The van der Waals surface area contributed by atoms with Crippen molar-refractivity contribution >= 4 is 43.6 Å². The van der Waals surface area contributed by atoms with Crippen molar-refractivity contribution < 1.29 is 13.2 Å². The summed E-state index contributed by atoms with van der Waals surface area (Å²) in [6.45, 7) is 0. The van der Waals surface area contributed by atoms with Gasteiger partial charge >= 0.3 is 6.18 Å². The van der Waals surface area contributed by atoms with E-state index in [0.717, 1.165) is 78.0 Å². The van der Waals surface area contributed by atoms with E-state index in [-0.39, 0.29) is 16.7 Å². The highest BCUT2D eigenvalue weighted by molar-refractivity contribution is 6.12. The summed E-state index contributed by atoms with van der Waals surface area (Å²) in [4.78, 5) is 0. The highest BCUT2D eigenvalue weighted by atomic mass is 19.4. The average Bonchev–Trinajstić information content (AvgIpc) is 3.82. The number of para-hydroxylation sites is 2. The van der Waals surface area contributed by atoms with Crippen LogP contribution in [0.5, 0.6) is 0 Å². The molecule has 10 rings (SSSR count). The van der Waals surface area contributed by atoms with E-state index in [4.69, 9.17) is 0 Å². The molecule has 0 fully saturated rings. The molecule has 0 radical (unpaired) electrons. The molecule has 10 aromatic rings. The second kappa shape index (κ2) is 14.4. The van der Waals surface area contributed by atoms with Crippen LogP contribution < -0.4 is 0 Å². The Morgan fingerprint density at radius 1 is 0.371 bits per heavy atom. The summed E-state index contributed by atoms with van der Waals surface area (Å²) in [5.74, 6) is 0. The second-order valence-electron chi connectivity index (χ2n) is 15.0. The first-order valence-electron chi connectivity index (χ1n) is 19.5. The predicted molar refractivity (Wildman–Crippen MR) is 235 cm³/mol. The van der Waals surface area contributed by atoms with E-state index in [1.54, 1.807) is 36.4 Å². The van der Waals surface area contributed by atoms with Crippen LogP contribution in [0.25, 0.3) is 88.4 Å². The van der Waals surface area contributed by atoms with Gasteiger partial charge in [0.2, 0.25) is 0 Å². The van der Waals surface area contributed by atoms with E-state index in [1.165, 1.54) is 6.07 Å². The summed E-state index contributed by atoms with van der Waals surface area (Å²) in [5, 5.41) is 44.1. The van der Waals surface area contributed by atoms with Gasteiger partial charge in [0.1, 0.15) is 6.07 Å². The molecule has 9 heteroatoms. The Morgan fingerprint density at radius 3 is 1.37 bits per heavy atom. The van der Waals surface area contributed by atoms with Gasteiger partial charge in [-0.15, -0.1) is 0 Å². The molecule has 2 aromatic heterocycles. The van der Waals surface area contributed by atoms with Gasteiger partial charge in [-0.1, -0.05) is 84.9 Å². The number of aromatic nitrogens is 2. The quantitative estimate of drug-likeness (QED) is 0.173. The molecular formula is C53H27F3N6. The molecule has 62 heavy (non-hydrogen) atoms. The first kappa shape index (κ1) is 37.4. The van der Waals surface area contributed by atoms with Crippen LogP contribution in [0.1, 0.15) is 27.8 Å². The van der Waals surface area contributed by atoms with Crippen molar-refractivity contribution in [2.45, 2.75) is 6.18 Å². The van der Waals surface area contributed by atoms with Crippen LogP contribution in [0.3, 0.4) is 0 Å². The smallest absolute Gasteiger partial charge is 0.309 e. The maximum atomic E-state index is 14.6. The lowest BCUT2D eigenvalue weighted by Crippen LogP contribution is -2.07. The molecule has 0 aliphatic carbocycles. The number of nitrogens with zero attached hydrogens (tertiary/aromatic N) is 6. The van der Waals surface area contributed by atoms with Crippen LogP contribution in [0.4, 0.5) is 13.2 Å². The van der Waals surface area contributed by atoms with Gasteiger partial charge in [0.15, 0.2) is 0 Å². The second-order valence-corrected chi connectivity index (χ2v) is 15.0. The number of halogens is 3. The Kier molecular flexibility index (Phi) is 8.70. The summed E-state index contributed by atoms with van der Waals surface area (Å²) in [5.41, 5.74) is 7.66. The zero-order valence-corrected chi connectivity index (χ0v) is 32.4. The van der Waals surface area contributed by atoms with Crippen molar-refractivity contribution in [2.75, 3.05) is 0 Å². The van der Waals surface area contributed by atoms with E-state index in [2.05, 4.69) is 18.2 Å². The van der Waals surface area contributed by atoms with Gasteiger partial charge in [-0.25, -0.2) is 0 Å². The number of nitriles is 4. The fourth-order valence-electron chi connectivity index (χ4n) is 8.63. The van der Waals surface area contributed by atoms with Crippen molar-refractivity contribution in [3.8, 4) is 69.0 Å². The predicted octanol–water partition coefficient (Wildman–Crippen LogP) is 13.4. The van der Waals surface area contributed by atoms with Gasteiger partial charge < -0.3 is 9.13 Å². The van der Waals surface area contributed by atoms with Crippen molar-refractivity contribution in [3.63, 3.8) is 0 Å². The highest BCUT2D eigenvalue weighted by Gasteiger charge is 2.32. The molecule has 290 valence electrons. The molecule has 0 saturated heterocycles. The molecule has 0 N–H and O–H groups in total. The molecule has 0 saturated carbocycles. The topological polar surface area (TPSA) is 105 Å². The zero-order chi connectivity index (χ0) is 42.7. The molecular weight excluding hydrogens is 778 g/mol. The minimum atomic E-state index is -4.76. The van der Waals surface area contributed by atoms with Crippen LogP contribution in [0.2, 0.25) is 0 Å². The maximum absolute atomic E-state index is 14.6. The van der Waals surface area contributed by atoms with Crippen molar-refractivity contribution in [2.24, 2.45) is 0 Å². The number of hydrogen-bond donors (Lipinski definition) is 0. The molecule has 8 aromatic carbocycles. The van der Waals surface area contributed by atoms with Gasteiger partial charge in [-0.3, -0.25) is 0 Å². The molecule has 0 unspecified atom stereocenters. The third kappa shape index (κ3) is 6.09. The molecule has 0 aliphatic rings. The lowest BCUT2D eigenvalue weighted by atomic mass is 9.95. The number of hydrogen-bond acceptors (Lipinski definition) is 4. The van der Waals surface area contributed by atoms with Crippen molar-refractivity contribution in [1.82, 2.24) is 9.13 Å². The van der Waals surface area contributed by atoms with Gasteiger partial charge in [-0.2, -0.15) is 34.2 Å². The SMILES string of the molecule is N#Cc1cccc(-c2ccc3c4ccccc4n(-c4cc(-c5cc(C#N)cc(C(F)(F)F)c5)c(-n5c6ccccc6c6ccc(-c7cccc(C#N)c7)cc65)cc4C#N)c3c2)c1. The number of rotatable bonds is 5. The summed E-state index contributed by atoms with van der Waals surface area (Å²) < 4.78 is 47.9. The third-order valence-corrected chi connectivity index (χ3v) is 11.4.